The van der Waals surface area contributed by atoms with Crippen LogP contribution in [0.2, 0.25) is 0 Å². The van der Waals surface area contributed by atoms with Crippen molar-refractivity contribution in [3.8, 4) is 17.0 Å². The maximum Gasteiger partial charge on any atom is 0.126 e. The van der Waals surface area contributed by atoms with E-state index in [0.29, 0.717) is 23.7 Å². The van der Waals surface area contributed by atoms with E-state index in [-0.39, 0.29) is 5.82 Å². The number of aliphatic hydroxyl groups is 1. The Morgan fingerprint density at radius 1 is 1.20 bits per heavy atom. The van der Waals surface area contributed by atoms with Crippen molar-refractivity contribution in [1.29, 1.82) is 0 Å². The first-order valence-electron chi connectivity index (χ1n) is 10.2. The molecule has 0 spiro atoms. The van der Waals surface area contributed by atoms with E-state index >= 15 is 0 Å². The largest absolute Gasteiger partial charge is 0.493 e. The fourth-order valence-electron chi connectivity index (χ4n) is 3.51. The summed E-state index contributed by atoms with van der Waals surface area (Å²) in [6.07, 6.45) is 6.68. The predicted octanol–water partition coefficient (Wildman–Crippen LogP) is 4.36. The first-order valence-corrected chi connectivity index (χ1v) is 10.2. The van der Waals surface area contributed by atoms with Crippen LogP contribution in [-0.4, -0.2) is 26.5 Å². The number of ether oxygens (including phenoxy) is 1. The number of aromatic nitrogens is 3. The minimum Gasteiger partial charge on any atom is -0.493 e. The predicted molar refractivity (Wildman–Crippen MR) is 116 cm³/mol. The van der Waals surface area contributed by atoms with Gasteiger partial charge in [0.2, 0.25) is 0 Å². The lowest BCUT2D eigenvalue weighted by Crippen LogP contribution is -2.03. The third-order valence-electron chi connectivity index (χ3n) is 5.18. The van der Waals surface area contributed by atoms with Gasteiger partial charge in [0.1, 0.15) is 17.4 Å². The quantitative estimate of drug-likeness (QED) is 0.510. The van der Waals surface area contributed by atoms with E-state index in [9.17, 15) is 9.50 Å². The summed E-state index contributed by atoms with van der Waals surface area (Å²) in [7, 11) is 1.93. The van der Waals surface area contributed by atoms with Gasteiger partial charge in [0.25, 0.3) is 0 Å². The molecule has 3 aromatic rings. The van der Waals surface area contributed by atoms with Crippen LogP contribution in [-0.2, 0) is 13.5 Å². The van der Waals surface area contributed by atoms with Crippen LogP contribution >= 0.6 is 0 Å². The Bertz CT molecular complexity index is 1000. The number of hydrogen-bond donors (Lipinski definition) is 2. The molecule has 0 radical (unpaired) electrons. The fraction of sp³-hybridized carbons (Fsp3) is 0.391. The fourth-order valence-corrected chi connectivity index (χ4v) is 3.51. The summed E-state index contributed by atoms with van der Waals surface area (Å²) < 4.78 is 21.0. The van der Waals surface area contributed by atoms with Crippen molar-refractivity contribution < 1.29 is 14.2 Å². The maximum atomic E-state index is 13.4. The number of benzene rings is 1. The summed E-state index contributed by atoms with van der Waals surface area (Å²) in [6.45, 7) is 4.07. The number of halogens is 1. The first kappa shape index (κ1) is 21.8. The monoisotopic (exact) mass is 412 g/mol. The second kappa shape index (κ2) is 9.71. The topological polar surface area (TPSA) is 86.2 Å². The second-order valence-corrected chi connectivity index (χ2v) is 7.59. The zero-order chi connectivity index (χ0) is 21.7. The lowest BCUT2D eigenvalue weighted by Gasteiger charge is -2.13. The van der Waals surface area contributed by atoms with Gasteiger partial charge in [0.15, 0.2) is 0 Å². The Kier molecular flexibility index (Phi) is 7.05. The average Bonchev–Trinajstić information content (AvgIpc) is 3.08. The van der Waals surface area contributed by atoms with Crippen molar-refractivity contribution in [2.24, 2.45) is 7.05 Å². The summed E-state index contributed by atoms with van der Waals surface area (Å²) in [6, 6.07) is 6.28. The van der Waals surface area contributed by atoms with Crippen molar-refractivity contribution in [3.63, 3.8) is 0 Å². The lowest BCUT2D eigenvalue weighted by atomic mass is 10.0. The highest BCUT2D eigenvalue weighted by Crippen LogP contribution is 2.27. The number of nitrogen functional groups attached to an aromatic ring is 1. The van der Waals surface area contributed by atoms with Gasteiger partial charge in [-0.3, -0.25) is 4.68 Å². The van der Waals surface area contributed by atoms with Crippen molar-refractivity contribution in [2.45, 2.75) is 45.6 Å². The molecule has 0 saturated heterocycles. The van der Waals surface area contributed by atoms with Crippen molar-refractivity contribution >= 4 is 5.82 Å². The summed E-state index contributed by atoms with van der Waals surface area (Å²) in [5, 5.41) is 14.2. The summed E-state index contributed by atoms with van der Waals surface area (Å²) in [5.74, 6) is 0.701. The lowest BCUT2D eigenvalue weighted by molar-refractivity contribution is 0.190. The number of unbranched alkanes of at least 4 members (excludes halogenated alkanes) is 2. The number of hydrogen-bond acceptors (Lipinski definition) is 5. The molecule has 6 nitrogen and oxygen atoms in total. The van der Waals surface area contributed by atoms with Crippen LogP contribution in [0.25, 0.3) is 11.3 Å². The van der Waals surface area contributed by atoms with E-state index in [4.69, 9.17) is 10.5 Å². The van der Waals surface area contributed by atoms with Crippen molar-refractivity contribution in [1.82, 2.24) is 14.8 Å². The molecule has 0 bridgehead atoms. The molecule has 2 aromatic heterocycles. The molecule has 3 N–H and O–H groups in total. The highest BCUT2D eigenvalue weighted by Gasteiger charge is 2.13. The van der Waals surface area contributed by atoms with Crippen LogP contribution in [0.5, 0.6) is 5.75 Å². The van der Waals surface area contributed by atoms with E-state index in [2.05, 4.69) is 10.1 Å². The van der Waals surface area contributed by atoms with Crippen LogP contribution in [0.1, 0.15) is 49.0 Å². The number of anilines is 1. The van der Waals surface area contributed by atoms with Gasteiger partial charge in [-0.2, -0.15) is 5.10 Å². The van der Waals surface area contributed by atoms with Crippen LogP contribution in [0.4, 0.5) is 10.2 Å². The molecule has 0 saturated carbocycles. The number of pyridine rings is 1. The molecule has 1 unspecified atom stereocenters. The third kappa shape index (κ3) is 5.16. The molecule has 0 aliphatic heterocycles. The molecule has 0 amide bonds. The third-order valence-corrected chi connectivity index (χ3v) is 5.18. The van der Waals surface area contributed by atoms with Gasteiger partial charge in [-0.05, 0) is 74.9 Å². The minimum atomic E-state index is -0.772. The SMILES string of the molecule is Cc1cc(-c2c(CCCCCOc3ccc(F)cc3C(C)O)cnn2C)cnc1N. The van der Waals surface area contributed by atoms with Gasteiger partial charge >= 0.3 is 0 Å². The Morgan fingerprint density at radius 2 is 2.00 bits per heavy atom. The van der Waals surface area contributed by atoms with Crippen LogP contribution < -0.4 is 10.5 Å². The number of rotatable bonds is 9. The Hall–Kier alpha value is -2.93. The molecule has 2 heterocycles. The highest BCUT2D eigenvalue weighted by atomic mass is 19.1. The summed E-state index contributed by atoms with van der Waals surface area (Å²) in [5.41, 5.74) is 10.5. The zero-order valence-electron chi connectivity index (χ0n) is 17.7. The molecule has 0 fully saturated rings. The molecule has 1 atom stereocenters. The van der Waals surface area contributed by atoms with Crippen molar-refractivity contribution in [3.05, 3.63) is 59.2 Å². The molecular weight excluding hydrogens is 383 g/mol. The van der Waals surface area contributed by atoms with E-state index in [1.54, 1.807) is 19.2 Å². The summed E-state index contributed by atoms with van der Waals surface area (Å²) >= 11 is 0. The van der Waals surface area contributed by atoms with Crippen LogP contribution in [0, 0.1) is 12.7 Å². The second-order valence-electron chi connectivity index (χ2n) is 7.59. The maximum absolute atomic E-state index is 13.4. The number of nitrogens with zero attached hydrogens (tertiary/aromatic N) is 3. The zero-order valence-corrected chi connectivity index (χ0v) is 17.7. The first-order chi connectivity index (χ1) is 14.4. The Morgan fingerprint density at radius 3 is 2.73 bits per heavy atom. The molecule has 160 valence electrons. The van der Waals surface area contributed by atoms with Gasteiger partial charge in [0.05, 0.1) is 24.6 Å². The smallest absolute Gasteiger partial charge is 0.126 e. The van der Waals surface area contributed by atoms with E-state index in [1.807, 2.05) is 30.9 Å². The van der Waals surface area contributed by atoms with E-state index < -0.39 is 6.10 Å². The minimum absolute atomic E-state index is 0.378. The number of nitrogens with two attached hydrogens (primary N) is 1. The standard InChI is InChI=1S/C23H29FN4O2/c1-15-11-18(13-26-23(15)25)22-17(14-27-28(22)3)7-5-4-6-10-30-21-9-8-19(24)12-20(21)16(2)29/h8-9,11-14,16,29H,4-7,10H2,1-3H3,(H2,25,26). The number of aryl methyl sites for hydroxylation is 3. The molecule has 7 heteroatoms. The molecule has 0 aliphatic rings. The molecular formula is C23H29FN4O2. The van der Waals surface area contributed by atoms with Gasteiger partial charge < -0.3 is 15.6 Å². The van der Waals surface area contributed by atoms with E-state index in [0.717, 1.165) is 42.5 Å². The summed E-state index contributed by atoms with van der Waals surface area (Å²) in [4.78, 5) is 4.27. The van der Waals surface area contributed by atoms with Gasteiger partial charge in [-0.15, -0.1) is 0 Å². The Balaban J connectivity index is 1.52. The van der Waals surface area contributed by atoms with Gasteiger partial charge in [-0.1, -0.05) is 0 Å². The van der Waals surface area contributed by atoms with Crippen LogP contribution in [0.3, 0.4) is 0 Å². The number of aliphatic hydroxyl groups excluding tert-OH is 1. The normalized spacial score (nSPS) is 12.2. The molecule has 1 aromatic carbocycles. The average molecular weight is 413 g/mol. The van der Waals surface area contributed by atoms with E-state index in [1.165, 1.54) is 17.7 Å². The van der Waals surface area contributed by atoms with Crippen molar-refractivity contribution in [2.75, 3.05) is 12.3 Å². The van der Waals surface area contributed by atoms with Crippen LogP contribution in [0.15, 0.2) is 36.7 Å². The molecule has 30 heavy (non-hydrogen) atoms. The highest BCUT2D eigenvalue weighted by molar-refractivity contribution is 5.65. The van der Waals surface area contributed by atoms with Gasteiger partial charge in [0, 0.05) is 24.4 Å². The Labute approximate surface area is 176 Å². The van der Waals surface area contributed by atoms with Gasteiger partial charge in [-0.25, -0.2) is 9.37 Å². The molecule has 0 aliphatic carbocycles. The molecule has 3 rings (SSSR count).